The van der Waals surface area contributed by atoms with Crippen molar-refractivity contribution in [2.75, 3.05) is 0 Å². The number of unbranched alkanes of at least 4 members (excludes halogenated alkanes) is 1. The van der Waals surface area contributed by atoms with Gasteiger partial charge >= 0.3 is 0 Å². The van der Waals surface area contributed by atoms with Crippen molar-refractivity contribution < 1.29 is 0 Å². The van der Waals surface area contributed by atoms with E-state index in [9.17, 15) is 0 Å². The second-order valence-electron chi connectivity index (χ2n) is 15.9. The Hall–Kier alpha value is -1.04. The second kappa shape index (κ2) is 17.2. The van der Waals surface area contributed by atoms with E-state index < -0.39 is 0 Å². The van der Waals surface area contributed by atoms with E-state index in [1.807, 2.05) is 0 Å². The molecule has 4 unspecified atom stereocenters. The molecule has 0 amide bonds. The Balaban J connectivity index is 1.53. The van der Waals surface area contributed by atoms with Crippen LogP contribution in [0.2, 0.25) is 0 Å². The highest BCUT2D eigenvalue weighted by molar-refractivity contribution is 5.32. The zero-order chi connectivity index (χ0) is 29.8. The van der Waals surface area contributed by atoms with Crippen molar-refractivity contribution in [1.82, 2.24) is 0 Å². The van der Waals surface area contributed by atoms with Gasteiger partial charge in [0.05, 0.1) is 0 Å². The lowest BCUT2D eigenvalue weighted by Crippen LogP contribution is -2.26. The lowest BCUT2D eigenvalue weighted by Gasteiger charge is -2.37. The van der Waals surface area contributed by atoms with Crippen molar-refractivity contribution >= 4 is 0 Å². The fraction of sp³-hybridized carbons (Fsp3) is 0.800. The molecule has 40 heavy (non-hydrogen) atoms. The molecule has 0 saturated carbocycles. The molecule has 0 spiro atoms. The second-order valence-corrected chi connectivity index (χ2v) is 15.9. The van der Waals surface area contributed by atoms with Gasteiger partial charge in [-0.05, 0) is 98.9 Å². The highest BCUT2D eigenvalue weighted by Crippen LogP contribution is 2.42. The maximum Gasteiger partial charge on any atom is 0.00254 e. The Labute approximate surface area is 252 Å². The average Bonchev–Trinajstić information content (AvgIpc) is 2.85. The van der Waals surface area contributed by atoms with E-state index in [4.69, 9.17) is 0 Å². The molecule has 0 aliphatic heterocycles. The van der Waals surface area contributed by atoms with Crippen molar-refractivity contribution in [1.29, 1.82) is 0 Å². The van der Waals surface area contributed by atoms with E-state index in [0.717, 1.165) is 11.8 Å². The van der Waals surface area contributed by atoms with Crippen LogP contribution in [0, 0.1) is 40.4 Å². The SMILES string of the molecule is CC1=CCCC(C)(C)[C@H]1/C=C/C(C)CCCC(C)CCCCC(C)CCCC(C)/C=C/C1=C(C)CCCC1(C)C. The molecule has 2 rings (SSSR count). The van der Waals surface area contributed by atoms with Gasteiger partial charge in [-0.2, -0.15) is 0 Å². The number of hydrogen-bond acceptors (Lipinski definition) is 0. The lowest BCUT2D eigenvalue weighted by atomic mass is 9.68. The van der Waals surface area contributed by atoms with Gasteiger partial charge in [-0.3, -0.25) is 0 Å². The van der Waals surface area contributed by atoms with Crippen molar-refractivity contribution in [2.24, 2.45) is 40.4 Å². The average molecular weight is 551 g/mol. The third kappa shape index (κ3) is 12.4. The van der Waals surface area contributed by atoms with Gasteiger partial charge in [-0.15, -0.1) is 0 Å². The van der Waals surface area contributed by atoms with Gasteiger partial charge in [0.25, 0.3) is 0 Å². The third-order valence-electron chi connectivity index (χ3n) is 10.7. The summed E-state index contributed by atoms with van der Waals surface area (Å²) in [6.07, 6.45) is 33.0. The van der Waals surface area contributed by atoms with Gasteiger partial charge < -0.3 is 0 Å². The van der Waals surface area contributed by atoms with Crippen molar-refractivity contribution in [3.8, 4) is 0 Å². The smallest absolute Gasteiger partial charge is 0.00254 e. The summed E-state index contributed by atoms with van der Waals surface area (Å²) in [5, 5.41) is 0. The monoisotopic (exact) mass is 551 g/mol. The Morgan fingerprint density at radius 1 is 0.750 bits per heavy atom. The topological polar surface area (TPSA) is 0 Å². The minimum absolute atomic E-state index is 0.364. The summed E-state index contributed by atoms with van der Waals surface area (Å²) >= 11 is 0. The first kappa shape index (κ1) is 35.2. The molecule has 5 atom stereocenters. The highest BCUT2D eigenvalue weighted by Gasteiger charge is 2.30. The van der Waals surface area contributed by atoms with Crippen LogP contribution in [0.3, 0.4) is 0 Å². The highest BCUT2D eigenvalue weighted by atomic mass is 14.4. The molecule has 0 heterocycles. The lowest BCUT2D eigenvalue weighted by molar-refractivity contribution is 0.255. The van der Waals surface area contributed by atoms with Crippen molar-refractivity contribution in [3.63, 3.8) is 0 Å². The number of allylic oxidation sites excluding steroid dienone is 8. The van der Waals surface area contributed by atoms with E-state index in [-0.39, 0.29) is 0 Å². The van der Waals surface area contributed by atoms with Crippen LogP contribution in [0.15, 0.2) is 47.1 Å². The summed E-state index contributed by atoms with van der Waals surface area (Å²) in [5.74, 6) is 3.80. The van der Waals surface area contributed by atoms with E-state index >= 15 is 0 Å². The summed E-state index contributed by atoms with van der Waals surface area (Å²) in [4.78, 5) is 0. The van der Waals surface area contributed by atoms with E-state index in [1.165, 1.54) is 96.3 Å². The van der Waals surface area contributed by atoms with Crippen LogP contribution < -0.4 is 0 Å². The molecule has 0 N–H and O–H groups in total. The maximum atomic E-state index is 2.54. The first-order chi connectivity index (χ1) is 18.8. The zero-order valence-corrected chi connectivity index (χ0v) is 28.9. The first-order valence-corrected chi connectivity index (χ1v) is 17.5. The van der Waals surface area contributed by atoms with Gasteiger partial charge in [0, 0.05) is 5.92 Å². The van der Waals surface area contributed by atoms with Gasteiger partial charge in [-0.25, -0.2) is 0 Å². The molecule has 230 valence electrons. The molecule has 2 aliphatic rings. The Morgan fingerprint density at radius 3 is 1.85 bits per heavy atom. The minimum Gasteiger partial charge on any atom is -0.0851 e. The molecule has 2 aliphatic carbocycles. The molecule has 0 aromatic rings. The Kier molecular flexibility index (Phi) is 15.1. The molecule has 0 radical (unpaired) electrons. The molecular formula is C40H70. The molecule has 0 saturated heterocycles. The van der Waals surface area contributed by atoms with Gasteiger partial charge in [0.15, 0.2) is 0 Å². The summed E-state index contributed by atoms with van der Waals surface area (Å²) in [6, 6.07) is 0. The fourth-order valence-corrected chi connectivity index (χ4v) is 7.60. The molecule has 0 aromatic carbocycles. The fourth-order valence-electron chi connectivity index (χ4n) is 7.60. The first-order valence-electron chi connectivity index (χ1n) is 17.5. The number of rotatable bonds is 17. The van der Waals surface area contributed by atoms with E-state index in [2.05, 4.69) is 99.6 Å². The molecule has 0 nitrogen and oxygen atoms in total. The van der Waals surface area contributed by atoms with Gasteiger partial charge in [-0.1, -0.05) is 148 Å². The minimum atomic E-state index is 0.364. The van der Waals surface area contributed by atoms with E-state index in [0.29, 0.717) is 28.6 Å². The zero-order valence-electron chi connectivity index (χ0n) is 28.9. The predicted octanol–water partition coefficient (Wildman–Crippen LogP) is 13.5. The maximum absolute atomic E-state index is 2.54. The van der Waals surface area contributed by atoms with Crippen LogP contribution in [0.4, 0.5) is 0 Å². The standard InChI is InChI=1S/C40H70/c1-31(19-13-21-33(3)25-27-37-35(5)23-15-29-39(37,7)8)17-11-12-18-32(2)20-14-22-34(4)26-28-38-36(6)24-16-30-40(38,9)10/h23,25-28,31-34,37H,11-22,24,29-30H2,1-10H3/b27-25+,28-26+/t31?,32?,33?,34?,37-/m0/s1. The van der Waals surface area contributed by atoms with Crippen molar-refractivity contribution in [3.05, 3.63) is 47.1 Å². The van der Waals surface area contributed by atoms with Gasteiger partial charge in [0.1, 0.15) is 0 Å². The van der Waals surface area contributed by atoms with Crippen LogP contribution >= 0.6 is 0 Å². The van der Waals surface area contributed by atoms with Crippen LogP contribution in [0.5, 0.6) is 0 Å². The van der Waals surface area contributed by atoms with E-state index in [1.54, 1.807) is 16.7 Å². The summed E-state index contributed by atoms with van der Waals surface area (Å²) < 4.78 is 0. The quantitative estimate of drug-likeness (QED) is 0.125. The van der Waals surface area contributed by atoms with Crippen LogP contribution in [0.1, 0.15) is 166 Å². The van der Waals surface area contributed by atoms with Crippen LogP contribution in [0.25, 0.3) is 0 Å². The summed E-state index contributed by atoms with van der Waals surface area (Å²) in [5.41, 5.74) is 5.60. The molecule has 0 aromatic heterocycles. The van der Waals surface area contributed by atoms with Crippen molar-refractivity contribution in [2.45, 2.75) is 166 Å². The molecular weight excluding hydrogens is 480 g/mol. The van der Waals surface area contributed by atoms with Crippen LogP contribution in [-0.4, -0.2) is 0 Å². The normalized spacial score (nSPS) is 24.4. The summed E-state index contributed by atoms with van der Waals surface area (Å²) in [6.45, 7) is 24.3. The molecule has 0 bridgehead atoms. The largest absolute Gasteiger partial charge is 0.0851 e. The molecule has 0 heteroatoms. The third-order valence-corrected chi connectivity index (χ3v) is 10.7. The van der Waals surface area contributed by atoms with Gasteiger partial charge in [0.2, 0.25) is 0 Å². The Bertz CT molecular complexity index is 843. The Morgan fingerprint density at radius 2 is 1.30 bits per heavy atom. The van der Waals surface area contributed by atoms with Crippen LogP contribution in [-0.2, 0) is 0 Å². The number of hydrogen-bond donors (Lipinski definition) is 0. The predicted molar refractivity (Wildman–Crippen MR) is 182 cm³/mol. The molecule has 0 fully saturated rings. The summed E-state index contributed by atoms with van der Waals surface area (Å²) in [7, 11) is 0.